The van der Waals surface area contributed by atoms with Gasteiger partial charge in [-0.25, -0.2) is 0 Å². The van der Waals surface area contributed by atoms with E-state index in [1.54, 1.807) is 24.3 Å². The molecule has 0 spiro atoms. The molecule has 0 aliphatic heterocycles. The molecular weight excluding hydrogens is 372 g/mol. The Morgan fingerprint density at radius 1 is 0.931 bits per heavy atom. The highest BCUT2D eigenvalue weighted by molar-refractivity contribution is 6.04. The van der Waals surface area contributed by atoms with Crippen molar-refractivity contribution < 1.29 is 14.2 Å². The zero-order valence-corrected chi connectivity index (χ0v) is 15.0. The van der Waals surface area contributed by atoms with Gasteiger partial charge < -0.3 is 9.84 Å². The monoisotopic (exact) mass is 386 g/mol. The number of nitro groups is 1. The van der Waals surface area contributed by atoms with Gasteiger partial charge in [-0.05, 0) is 24.3 Å². The van der Waals surface area contributed by atoms with Crippen molar-refractivity contribution >= 4 is 17.3 Å². The van der Waals surface area contributed by atoms with Crippen molar-refractivity contribution in [2.75, 3.05) is 5.32 Å². The van der Waals surface area contributed by atoms with Crippen LogP contribution in [0.25, 0.3) is 22.8 Å². The summed E-state index contributed by atoms with van der Waals surface area (Å²) < 4.78 is 5.34. The van der Waals surface area contributed by atoms with Gasteiger partial charge in [0, 0.05) is 34.5 Å². The molecule has 3 aromatic carbocycles. The van der Waals surface area contributed by atoms with Gasteiger partial charge in [0.2, 0.25) is 5.82 Å². The number of nitro benzene ring substituents is 1. The van der Waals surface area contributed by atoms with Crippen LogP contribution in [-0.2, 0) is 0 Å². The standard InChI is InChI=1S/C21H14N4O4/c26-20(15-8-5-11-18(13-15)25(27)28)22-17-10-4-9-16(12-17)21-23-19(24-29-21)14-6-2-1-3-7-14/h1-13H,(H,22,26). The van der Waals surface area contributed by atoms with Gasteiger partial charge in [0.1, 0.15) is 0 Å². The van der Waals surface area contributed by atoms with Gasteiger partial charge in [0.15, 0.2) is 0 Å². The maximum Gasteiger partial charge on any atom is 0.270 e. The van der Waals surface area contributed by atoms with Crippen LogP contribution < -0.4 is 5.32 Å². The summed E-state index contributed by atoms with van der Waals surface area (Å²) in [4.78, 5) is 27.2. The number of carbonyl (C=O) groups is 1. The molecule has 29 heavy (non-hydrogen) atoms. The summed E-state index contributed by atoms with van der Waals surface area (Å²) in [6.45, 7) is 0. The molecule has 1 N–H and O–H groups in total. The Morgan fingerprint density at radius 2 is 1.69 bits per heavy atom. The average Bonchev–Trinajstić information content (AvgIpc) is 3.25. The number of aromatic nitrogens is 2. The highest BCUT2D eigenvalue weighted by Gasteiger charge is 2.14. The summed E-state index contributed by atoms with van der Waals surface area (Å²) in [5.74, 6) is 0.322. The van der Waals surface area contributed by atoms with E-state index in [0.717, 1.165) is 5.56 Å². The van der Waals surface area contributed by atoms with E-state index in [1.807, 2.05) is 30.3 Å². The molecule has 1 amide bonds. The summed E-state index contributed by atoms with van der Waals surface area (Å²) >= 11 is 0. The van der Waals surface area contributed by atoms with Crippen molar-refractivity contribution in [3.05, 3.63) is 94.5 Å². The predicted molar refractivity (Wildman–Crippen MR) is 106 cm³/mol. The minimum absolute atomic E-state index is 0.147. The van der Waals surface area contributed by atoms with Crippen LogP contribution in [0.2, 0.25) is 0 Å². The molecular formula is C21H14N4O4. The second-order valence-electron chi connectivity index (χ2n) is 6.13. The van der Waals surface area contributed by atoms with E-state index in [-0.39, 0.29) is 11.3 Å². The fourth-order valence-electron chi connectivity index (χ4n) is 2.74. The molecule has 0 bridgehead atoms. The van der Waals surface area contributed by atoms with Crippen molar-refractivity contribution in [3.8, 4) is 22.8 Å². The maximum absolute atomic E-state index is 12.4. The van der Waals surface area contributed by atoms with Crippen LogP contribution in [0, 0.1) is 10.1 Å². The van der Waals surface area contributed by atoms with Crippen LogP contribution in [0.5, 0.6) is 0 Å². The molecule has 1 aromatic heterocycles. The van der Waals surface area contributed by atoms with Gasteiger partial charge in [0.25, 0.3) is 17.5 Å². The second kappa shape index (κ2) is 7.73. The zero-order chi connectivity index (χ0) is 20.2. The number of rotatable bonds is 5. The maximum atomic E-state index is 12.4. The van der Waals surface area contributed by atoms with Crippen molar-refractivity contribution in [1.82, 2.24) is 10.1 Å². The molecule has 1 heterocycles. The summed E-state index contributed by atoms with van der Waals surface area (Å²) in [6, 6.07) is 21.9. The van der Waals surface area contributed by atoms with E-state index in [2.05, 4.69) is 15.5 Å². The Hall–Kier alpha value is -4.33. The average molecular weight is 386 g/mol. The number of hydrogen-bond donors (Lipinski definition) is 1. The second-order valence-corrected chi connectivity index (χ2v) is 6.13. The first-order chi connectivity index (χ1) is 14.1. The Morgan fingerprint density at radius 3 is 2.48 bits per heavy atom. The molecule has 0 fully saturated rings. The Balaban J connectivity index is 1.55. The fourth-order valence-corrected chi connectivity index (χ4v) is 2.74. The predicted octanol–water partition coefficient (Wildman–Crippen LogP) is 4.56. The summed E-state index contributed by atoms with van der Waals surface area (Å²) in [5, 5.41) is 17.6. The van der Waals surface area contributed by atoms with Crippen molar-refractivity contribution in [3.63, 3.8) is 0 Å². The number of hydrogen-bond acceptors (Lipinski definition) is 6. The lowest BCUT2D eigenvalue weighted by atomic mass is 10.1. The van der Waals surface area contributed by atoms with E-state index >= 15 is 0 Å². The molecule has 0 saturated carbocycles. The van der Waals surface area contributed by atoms with Gasteiger partial charge in [-0.1, -0.05) is 47.6 Å². The number of nitrogens with zero attached hydrogens (tertiary/aromatic N) is 3. The molecule has 0 aliphatic rings. The van der Waals surface area contributed by atoms with Gasteiger partial charge in [-0.2, -0.15) is 4.98 Å². The lowest BCUT2D eigenvalue weighted by Gasteiger charge is -2.06. The first kappa shape index (κ1) is 18.1. The highest BCUT2D eigenvalue weighted by Crippen LogP contribution is 2.24. The minimum atomic E-state index is -0.544. The molecule has 0 radical (unpaired) electrons. The number of non-ortho nitro benzene ring substituents is 1. The van der Waals surface area contributed by atoms with E-state index in [4.69, 9.17) is 4.52 Å². The van der Waals surface area contributed by atoms with Gasteiger partial charge in [-0.15, -0.1) is 0 Å². The van der Waals surface area contributed by atoms with E-state index in [9.17, 15) is 14.9 Å². The van der Waals surface area contributed by atoms with Crippen LogP contribution in [0.3, 0.4) is 0 Å². The summed E-state index contributed by atoms with van der Waals surface area (Å²) in [6.07, 6.45) is 0. The lowest BCUT2D eigenvalue weighted by Crippen LogP contribution is -2.12. The molecule has 4 aromatic rings. The number of carbonyl (C=O) groups excluding carboxylic acids is 1. The van der Waals surface area contributed by atoms with Gasteiger partial charge in [-0.3, -0.25) is 14.9 Å². The topological polar surface area (TPSA) is 111 Å². The fraction of sp³-hybridized carbons (Fsp3) is 0. The minimum Gasteiger partial charge on any atom is -0.334 e. The summed E-state index contributed by atoms with van der Waals surface area (Å²) in [5.41, 5.74) is 2.01. The zero-order valence-electron chi connectivity index (χ0n) is 15.0. The van der Waals surface area contributed by atoms with Crippen molar-refractivity contribution in [2.45, 2.75) is 0 Å². The smallest absolute Gasteiger partial charge is 0.270 e. The first-order valence-electron chi connectivity index (χ1n) is 8.65. The lowest BCUT2D eigenvalue weighted by molar-refractivity contribution is -0.384. The van der Waals surface area contributed by atoms with Crippen LogP contribution >= 0.6 is 0 Å². The summed E-state index contributed by atoms with van der Waals surface area (Å²) in [7, 11) is 0. The number of amides is 1. The van der Waals surface area contributed by atoms with Gasteiger partial charge in [0.05, 0.1) is 4.92 Å². The molecule has 0 aliphatic carbocycles. The van der Waals surface area contributed by atoms with E-state index in [1.165, 1.54) is 24.3 Å². The Labute approximate surface area is 165 Å². The van der Waals surface area contributed by atoms with E-state index < -0.39 is 10.8 Å². The third-order valence-corrected chi connectivity index (χ3v) is 4.14. The van der Waals surface area contributed by atoms with Crippen molar-refractivity contribution in [1.29, 1.82) is 0 Å². The molecule has 0 saturated heterocycles. The normalized spacial score (nSPS) is 10.5. The number of anilines is 1. The third kappa shape index (κ3) is 4.01. The van der Waals surface area contributed by atoms with Gasteiger partial charge >= 0.3 is 0 Å². The first-order valence-corrected chi connectivity index (χ1v) is 8.65. The molecule has 0 unspecified atom stereocenters. The molecule has 0 atom stereocenters. The molecule has 8 heteroatoms. The van der Waals surface area contributed by atoms with Crippen LogP contribution in [0.4, 0.5) is 11.4 Å². The van der Waals surface area contributed by atoms with Crippen LogP contribution in [0.15, 0.2) is 83.4 Å². The molecule has 4 rings (SSSR count). The largest absolute Gasteiger partial charge is 0.334 e. The molecule has 142 valence electrons. The highest BCUT2D eigenvalue weighted by atomic mass is 16.6. The van der Waals surface area contributed by atoms with Crippen LogP contribution in [-0.4, -0.2) is 21.0 Å². The Bertz CT molecular complexity index is 1190. The number of benzene rings is 3. The Kier molecular flexibility index (Phi) is 4.81. The van der Waals surface area contributed by atoms with Crippen LogP contribution in [0.1, 0.15) is 10.4 Å². The van der Waals surface area contributed by atoms with E-state index in [0.29, 0.717) is 23.0 Å². The molecule has 8 nitrogen and oxygen atoms in total. The third-order valence-electron chi connectivity index (χ3n) is 4.14. The van der Waals surface area contributed by atoms with Crippen molar-refractivity contribution in [2.24, 2.45) is 0 Å². The number of nitrogens with one attached hydrogen (secondary N) is 1. The quantitative estimate of drug-likeness (QED) is 0.397. The SMILES string of the molecule is O=C(Nc1cccc(-c2nc(-c3ccccc3)no2)c1)c1cccc([N+](=O)[O-])c1.